The van der Waals surface area contributed by atoms with Crippen molar-refractivity contribution >= 4 is 50.7 Å². The number of anilines is 1. The SMILES string of the molecule is COCC1SSC(c2ccn3c(-c4cccc(NC(=O)NCC(F)(F)F)c4)cnc3c2)S1. The first-order valence-electron chi connectivity index (χ1n) is 9.48. The number of fused-ring (bicyclic) bond motifs is 1. The topological polar surface area (TPSA) is 67.7 Å². The number of rotatable bonds is 6. The average Bonchev–Trinajstić information content (AvgIpc) is 3.39. The number of aromatic nitrogens is 2. The molecule has 0 saturated carbocycles. The van der Waals surface area contributed by atoms with Crippen LogP contribution >= 0.6 is 33.3 Å². The Balaban J connectivity index is 1.49. The summed E-state index contributed by atoms with van der Waals surface area (Å²) < 4.78 is 44.7. The van der Waals surface area contributed by atoms with E-state index in [-0.39, 0.29) is 0 Å². The quantitative estimate of drug-likeness (QED) is 0.418. The lowest BCUT2D eigenvalue weighted by molar-refractivity contribution is -0.122. The van der Waals surface area contributed by atoms with Crippen LogP contribution in [-0.4, -0.2) is 46.4 Å². The van der Waals surface area contributed by atoms with Crippen molar-refractivity contribution in [3.63, 3.8) is 0 Å². The molecule has 1 saturated heterocycles. The minimum Gasteiger partial charge on any atom is -0.383 e. The van der Waals surface area contributed by atoms with Crippen LogP contribution in [0.15, 0.2) is 48.8 Å². The van der Waals surface area contributed by atoms with Gasteiger partial charge in [-0.25, -0.2) is 9.78 Å². The van der Waals surface area contributed by atoms with E-state index < -0.39 is 18.8 Å². The van der Waals surface area contributed by atoms with E-state index in [4.69, 9.17) is 4.74 Å². The number of pyridine rings is 1. The second-order valence-corrected chi connectivity index (χ2v) is 11.4. The summed E-state index contributed by atoms with van der Waals surface area (Å²) in [6, 6.07) is 10.1. The third kappa shape index (κ3) is 5.66. The molecule has 6 nitrogen and oxygen atoms in total. The largest absolute Gasteiger partial charge is 0.405 e. The molecule has 1 aliphatic heterocycles. The summed E-state index contributed by atoms with van der Waals surface area (Å²) in [6.07, 6.45) is -0.772. The molecule has 170 valence electrons. The molecule has 2 atom stereocenters. The van der Waals surface area contributed by atoms with Gasteiger partial charge in [-0.15, -0.1) is 11.8 Å². The van der Waals surface area contributed by atoms with E-state index in [0.717, 1.165) is 16.9 Å². The number of carbonyl (C=O) groups excluding carboxylic acids is 1. The summed E-state index contributed by atoms with van der Waals surface area (Å²) in [7, 11) is 5.33. The van der Waals surface area contributed by atoms with Crippen LogP contribution in [0.2, 0.25) is 0 Å². The fourth-order valence-electron chi connectivity index (χ4n) is 3.10. The molecule has 1 aliphatic rings. The van der Waals surface area contributed by atoms with Crippen molar-refractivity contribution in [1.29, 1.82) is 0 Å². The van der Waals surface area contributed by atoms with Crippen molar-refractivity contribution < 1.29 is 22.7 Å². The minimum absolute atomic E-state index is 0.299. The molecule has 0 bridgehead atoms. The first-order chi connectivity index (χ1) is 15.3. The summed E-state index contributed by atoms with van der Waals surface area (Å²) in [5.74, 6) is 0. The number of alkyl halides is 3. The van der Waals surface area contributed by atoms with Gasteiger partial charge in [-0.3, -0.25) is 4.40 Å². The maximum atomic E-state index is 12.3. The first kappa shape index (κ1) is 23.1. The molecule has 32 heavy (non-hydrogen) atoms. The molecular weight excluding hydrogens is 481 g/mol. The molecule has 2 N–H and O–H groups in total. The van der Waals surface area contributed by atoms with Crippen LogP contribution in [0.4, 0.5) is 23.7 Å². The number of nitrogens with one attached hydrogen (secondary N) is 2. The number of methoxy groups -OCH3 is 1. The van der Waals surface area contributed by atoms with Gasteiger partial charge in [0.2, 0.25) is 0 Å². The molecule has 0 radical (unpaired) electrons. The van der Waals surface area contributed by atoms with Gasteiger partial charge >= 0.3 is 12.2 Å². The van der Waals surface area contributed by atoms with E-state index in [1.165, 1.54) is 5.56 Å². The summed E-state index contributed by atoms with van der Waals surface area (Å²) in [5, 5.41) is 4.22. The number of benzene rings is 1. The highest BCUT2D eigenvalue weighted by Gasteiger charge is 2.29. The van der Waals surface area contributed by atoms with Gasteiger partial charge in [-0.1, -0.05) is 33.7 Å². The number of hydrogen-bond acceptors (Lipinski definition) is 6. The fourth-order valence-corrected chi connectivity index (χ4v) is 8.69. The van der Waals surface area contributed by atoms with E-state index in [2.05, 4.69) is 22.4 Å². The number of halogens is 3. The summed E-state index contributed by atoms with van der Waals surface area (Å²) in [4.78, 5) is 16.3. The lowest BCUT2D eigenvalue weighted by atomic mass is 10.1. The third-order valence-corrected chi connectivity index (χ3v) is 9.95. The highest BCUT2D eigenvalue weighted by molar-refractivity contribution is 8.82. The number of amides is 2. The Morgan fingerprint density at radius 3 is 2.88 bits per heavy atom. The molecule has 4 rings (SSSR count). The number of urea groups is 1. The first-order valence-corrected chi connectivity index (χ1v) is 12.7. The molecule has 12 heteroatoms. The molecule has 3 heterocycles. The molecule has 1 aromatic carbocycles. The van der Waals surface area contributed by atoms with Crippen molar-refractivity contribution in [2.24, 2.45) is 0 Å². The predicted molar refractivity (Wildman–Crippen MR) is 125 cm³/mol. The van der Waals surface area contributed by atoms with Crippen LogP contribution in [0.25, 0.3) is 16.9 Å². The number of ether oxygens (including phenoxy) is 1. The van der Waals surface area contributed by atoms with Gasteiger partial charge < -0.3 is 15.4 Å². The van der Waals surface area contributed by atoms with E-state index in [0.29, 0.717) is 21.5 Å². The van der Waals surface area contributed by atoms with Crippen molar-refractivity contribution in [3.05, 3.63) is 54.4 Å². The van der Waals surface area contributed by atoms with Gasteiger partial charge in [-0.05, 0) is 29.8 Å². The lowest BCUT2D eigenvalue weighted by Gasteiger charge is -2.11. The van der Waals surface area contributed by atoms with Crippen molar-refractivity contribution in [2.45, 2.75) is 15.3 Å². The zero-order valence-electron chi connectivity index (χ0n) is 16.8. The smallest absolute Gasteiger partial charge is 0.383 e. The maximum Gasteiger partial charge on any atom is 0.405 e. The van der Waals surface area contributed by atoms with E-state index >= 15 is 0 Å². The van der Waals surface area contributed by atoms with E-state index in [1.807, 2.05) is 50.0 Å². The van der Waals surface area contributed by atoms with Crippen LogP contribution in [0.1, 0.15) is 10.1 Å². The Labute approximate surface area is 194 Å². The predicted octanol–water partition coefficient (Wildman–Crippen LogP) is 5.78. The molecule has 2 amide bonds. The van der Waals surface area contributed by atoms with Gasteiger partial charge in [0.05, 0.1) is 27.7 Å². The zero-order valence-corrected chi connectivity index (χ0v) is 19.2. The highest BCUT2D eigenvalue weighted by Crippen LogP contribution is 2.59. The molecule has 0 aliphatic carbocycles. The Morgan fingerprint density at radius 1 is 1.25 bits per heavy atom. The van der Waals surface area contributed by atoms with Gasteiger partial charge in [0.15, 0.2) is 0 Å². The van der Waals surface area contributed by atoms with Gasteiger partial charge in [0, 0.05) is 24.6 Å². The van der Waals surface area contributed by atoms with Crippen LogP contribution in [0, 0.1) is 0 Å². The molecule has 2 unspecified atom stereocenters. The molecular formula is C20H19F3N4O2S3. The molecule has 2 aromatic heterocycles. The summed E-state index contributed by atoms with van der Waals surface area (Å²) >= 11 is 1.86. The second-order valence-electron chi connectivity index (χ2n) is 6.88. The fraction of sp³-hybridized carbons (Fsp3) is 0.300. The Hall–Kier alpha value is -2.02. The Kier molecular flexibility index (Phi) is 7.13. The van der Waals surface area contributed by atoms with Crippen molar-refractivity contribution in [2.75, 3.05) is 25.6 Å². The van der Waals surface area contributed by atoms with E-state index in [9.17, 15) is 18.0 Å². The third-order valence-electron chi connectivity index (χ3n) is 4.50. The average molecular weight is 501 g/mol. The number of nitrogens with zero attached hydrogens (tertiary/aromatic N) is 2. The van der Waals surface area contributed by atoms with Gasteiger partial charge in [0.25, 0.3) is 0 Å². The van der Waals surface area contributed by atoms with Crippen LogP contribution in [-0.2, 0) is 4.74 Å². The monoisotopic (exact) mass is 500 g/mol. The number of thioether (sulfide) groups is 1. The summed E-state index contributed by atoms with van der Waals surface area (Å²) in [5.41, 5.74) is 3.94. The van der Waals surface area contributed by atoms with Gasteiger partial charge in [-0.2, -0.15) is 13.2 Å². The Morgan fingerprint density at radius 2 is 2.09 bits per heavy atom. The highest BCUT2D eigenvalue weighted by atomic mass is 33.1. The zero-order chi connectivity index (χ0) is 22.7. The van der Waals surface area contributed by atoms with Crippen LogP contribution < -0.4 is 10.6 Å². The van der Waals surface area contributed by atoms with Crippen LogP contribution in [0.5, 0.6) is 0 Å². The number of imidazole rings is 1. The lowest BCUT2D eigenvalue weighted by Crippen LogP contribution is -2.36. The second kappa shape index (κ2) is 9.86. The maximum absolute atomic E-state index is 12.3. The molecule has 3 aromatic rings. The van der Waals surface area contributed by atoms with Crippen LogP contribution in [0.3, 0.4) is 0 Å². The van der Waals surface area contributed by atoms with Crippen molar-refractivity contribution in [1.82, 2.24) is 14.7 Å². The molecule has 0 spiro atoms. The standard InChI is InChI=1S/C20H19F3N4O2S3/c1-29-10-17-30-18(32-31-17)13-5-6-27-15(9-24-16(27)8-13)12-3-2-4-14(7-12)26-19(28)25-11-20(21,22)23/h2-9,17-18H,10-11H2,1H3,(H2,25,26,28). The Bertz CT molecular complexity index is 1110. The number of carbonyl (C=O) groups is 1. The van der Waals surface area contributed by atoms with Crippen molar-refractivity contribution in [3.8, 4) is 11.3 Å². The summed E-state index contributed by atoms with van der Waals surface area (Å²) in [6.45, 7) is -0.691. The normalized spacial score (nSPS) is 18.8. The minimum atomic E-state index is -4.46. The van der Waals surface area contributed by atoms with E-state index in [1.54, 1.807) is 36.8 Å². The molecule has 1 fully saturated rings. The number of hydrogen-bond donors (Lipinski definition) is 2. The van der Waals surface area contributed by atoms with Gasteiger partial charge in [0.1, 0.15) is 12.2 Å².